The van der Waals surface area contributed by atoms with Gasteiger partial charge in [0.1, 0.15) is 29.2 Å². The fourth-order valence-electron chi connectivity index (χ4n) is 2.16. The lowest BCUT2D eigenvalue weighted by atomic mass is 10.1. The maximum atomic E-state index is 5.99. The number of nitrogens with zero attached hydrogens (tertiary/aromatic N) is 2. The average Bonchev–Trinajstić information content (AvgIpc) is 2.82. The molecule has 1 aliphatic rings. The Morgan fingerprint density at radius 3 is 3.05 bits per heavy atom. The molecule has 1 aromatic heterocycles. The number of aromatic nitrogens is 2. The predicted molar refractivity (Wildman–Crippen MR) is 74.7 cm³/mol. The van der Waals surface area contributed by atoms with Gasteiger partial charge in [0.2, 0.25) is 0 Å². The molecule has 0 spiro atoms. The first-order chi connectivity index (χ1) is 9.26. The smallest absolute Gasteiger partial charge is 0.134 e. The molecule has 0 amide bonds. The molecular formula is C14H14ClN3O. The molecule has 98 valence electrons. The molecule has 2 aromatic rings. The van der Waals surface area contributed by atoms with Gasteiger partial charge < -0.3 is 10.1 Å². The van der Waals surface area contributed by atoms with Crippen LogP contribution in [0.5, 0.6) is 5.75 Å². The Morgan fingerprint density at radius 1 is 1.37 bits per heavy atom. The number of aryl methyl sites for hydroxylation is 1. The molecule has 19 heavy (non-hydrogen) atoms. The van der Waals surface area contributed by atoms with E-state index in [9.17, 15) is 0 Å². The zero-order chi connectivity index (χ0) is 13.2. The summed E-state index contributed by atoms with van der Waals surface area (Å²) < 4.78 is 5.63. The highest BCUT2D eigenvalue weighted by molar-refractivity contribution is 6.29. The summed E-state index contributed by atoms with van der Waals surface area (Å²) in [6, 6.07) is 9.85. The van der Waals surface area contributed by atoms with Gasteiger partial charge in [-0.3, -0.25) is 0 Å². The normalized spacial score (nSPS) is 16.8. The number of nitrogens with one attached hydrogen (secondary N) is 1. The molecule has 1 aliphatic heterocycles. The number of halogens is 1. The van der Waals surface area contributed by atoms with E-state index in [1.54, 1.807) is 6.07 Å². The summed E-state index contributed by atoms with van der Waals surface area (Å²) in [5, 5.41) is 3.81. The molecule has 1 unspecified atom stereocenters. The zero-order valence-corrected chi connectivity index (χ0v) is 11.3. The van der Waals surface area contributed by atoms with Crippen LogP contribution in [0.4, 0.5) is 5.82 Å². The molecule has 5 heteroatoms. The van der Waals surface area contributed by atoms with Crippen molar-refractivity contribution in [2.75, 3.05) is 11.9 Å². The van der Waals surface area contributed by atoms with Gasteiger partial charge in [0.25, 0.3) is 0 Å². The summed E-state index contributed by atoms with van der Waals surface area (Å²) >= 11 is 5.99. The summed E-state index contributed by atoms with van der Waals surface area (Å²) in [4.78, 5) is 8.58. The Labute approximate surface area is 116 Å². The molecule has 0 saturated heterocycles. The summed E-state index contributed by atoms with van der Waals surface area (Å²) in [5.41, 5.74) is 1.15. The lowest BCUT2D eigenvalue weighted by molar-refractivity contribution is 0.339. The van der Waals surface area contributed by atoms with Gasteiger partial charge in [0.15, 0.2) is 0 Å². The molecule has 1 atom stereocenters. The molecule has 0 bridgehead atoms. The third-order valence-corrected chi connectivity index (χ3v) is 3.27. The minimum atomic E-state index is 0.104. The largest absolute Gasteiger partial charge is 0.491 e. The highest BCUT2D eigenvalue weighted by atomic mass is 35.5. The second-order valence-electron chi connectivity index (χ2n) is 4.39. The molecule has 1 aromatic carbocycles. The number of benzene rings is 1. The van der Waals surface area contributed by atoms with Crippen LogP contribution in [0.1, 0.15) is 24.4 Å². The van der Waals surface area contributed by atoms with E-state index in [1.807, 2.05) is 25.1 Å². The molecule has 3 rings (SSSR count). The number of hydrogen-bond donors (Lipinski definition) is 1. The SMILES string of the molecule is CCc1nc(Cl)cc(NC2COc3ccccc32)n1. The molecule has 2 heterocycles. The van der Waals surface area contributed by atoms with Gasteiger partial charge in [-0.05, 0) is 6.07 Å². The Bertz CT molecular complexity index is 603. The van der Waals surface area contributed by atoms with Crippen LogP contribution in [0.3, 0.4) is 0 Å². The van der Waals surface area contributed by atoms with Crippen LogP contribution in [-0.4, -0.2) is 16.6 Å². The van der Waals surface area contributed by atoms with Crippen molar-refractivity contribution in [3.8, 4) is 5.75 Å². The van der Waals surface area contributed by atoms with E-state index < -0.39 is 0 Å². The first-order valence-electron chi connectivity index (χ1n) is 6.28. The van der Waals surface area contributed by atoms with E-state index in [1.165, 1.54) is 0 Å². The number of rotatable bonds is 3. The highest BCUT2D eigenvalue weighted by Crippen LogP contribution is 2.33. The van der Waals surface area contributed by atoms with Crippen LogP contribution in [0.25, 0.3) is 0 Å². The van der Waals surface area contributed by atoms with Crippen LogP contribution >= 0.6 is 11.6 Å². The van der Waals surface area contributed by atoms with Gasteiger partial charge in [-0.1, -0.05) is 36.7 Å². The summed E-state index contributed by atoms with van der Waals surface area (Å²) in [5.74, 6) is 2.40. The first kappa shape index (κ1) is 12.2. The quantitative estimate of drug-likeness (QED) is 0.874. The number of fused-ring (bicyclic) bond motifs is 1. The van der Waals surface area contributed by atoms with Crippen molar-refractivity contribution in [1.82, 2.24) is 9.97 Å². The van der Waals surface area contributed by atoms with Crippen molar-refractivity contribution in [1.29, 1.82) is 0 Å². The zero-order valence-electron chi connectivity index (χ0n) is 10.6. The van der Waals surface area contributed by atoms with Crippen LogP contribution in [0.15, 0.2) is 30.3 Å². The van der Waals surface area contributed by atoms with E-state index in [0.717, 1.165) is 29.4 Å². The van der Waals surface area contributed by atoms with E-state index >= 15 is 0 Å². The average molecular weight is 276 g/mol. The van der Waals surface area contributed by atoms with Crippen molar-refractivity contribution in [3.05, 3.63) is 46.9 Å². The Hall–Kier alpha value is -1.81. The number of anilines is 1. The third-order valence-electron chi connectivity index (χ3n) is 3.08. The number of para-hydroxylation sites is 1. The number of hydrogen-bond acceptors (Lipinski definition) is 4. The standard InChI is InChI=1S/C14H14ClN3O/c1-2-13-17-12(15)7-14(18-13)16-10-8-19-11-6-4-3-5-9(10)11/h3-7,10H,2,8H2,1H3,(H,16,17,18). The lowest BCUT2D eigenvalue weighted by Gasteiger charge is -2.13. The molecule has 0 saturated carbocycles. The molecule has 4 nitrogen and oxygen atoms in total. The van der Waals surface area contributed by atoms with E-state index in [0.29, 0.717) is 11.8 Å². The third kappa shape index (κ3) is 2.49. The summed E-state index contributed by atoms with van der Waals surface area (Å²) in [6.07, 6.45) is 0.757. The van der Waals surface area contributed by atoms with Gasteiger partial charge in [-0.25, -0.2) is 9.97 Å². The van der Waals surface area contributed by atoms with Crippen molar-refractivity contribution in [2.24, 2.45) is 0 Å². The summed E-state index contributed by atoms with van der Waals surface area (Å²) in [7, 11) is 0. The fourth-order valence-corrected chi connectivity index (χ4v) is 2.36. The maximum absolute atomic E-state index is 5.99. The van der Waals surface area contributed by atoms with Crippen LogP contribution < -0.4 is 10.1 Å². The van der Waals surface area contributed by atoms with Gasteiger partial charge in [-0.15, -0.1) is 0 Å². The van der Waals surface area contributed by atoms with Crippen molar-refractivity contribution in [3.63, 3.8) is 0 Å². The molecule has 0 fully saturated rings. The molecule has 0 aliphatic carbocycles. The molecule has 0 radical (unpaired) electrons. The van der Waals surface area contributed by atoms with Gasteiger partial charge in [0, 0.05) is 18.1 Å². The van der Waals surface area contributed by atoms with Crippen molar-refractivity contribution < 1.29 is 4.74 Å². The van der Waals surface area contributed by atoms with Crippen LogP contribution in [0.2, 0.25) is 5.15 Å². The Morgan fingerprint density at radius 2 is 2.21 bits per heavy atom. The van der Waals surface area contributed by atoms with Crippen molar-refractivity contribution in [2.45, 2.75) is 19.4 Å². The summed E-state index contributed by atoms with van der Waals surface area (Å²) in [6.45, 7) is 2.60. The minimum Gasteiger partial charge on any atom is -0.491 e. The predicted octanol–water partition coefficient (Wildman–Crippen LogP) is 3.24. The Balaban J connectivity index is 1.85. The van der Waals surface area contributed by atoms with E-state index in [2.05, 4.69) is 21.4 Å². The lowest BCUT2D eigenvalue weighted by Crippen LogP contribution is -2.13. The van der Waals surface area contributed by atoms with Crippen LogP contribution in [0, 0.1) is 0 Å². The van der Waals surface area contributed by atoms with Gasteiger partial charge in [0.05, 0.1) is 6.04 Å². The van der Waals surface area contributed by atoms with E-state index in [-0.39, 0.29) is 6.04 Å². The van der Waals surface area contributed by atoms with Crippen molar-refractivity contribution >= 4 is 17.4 Å². The van der Waals surface area contributed by atoms with Crippen LogP contribution in [-0.2, 0) is 6.42 Å². The Kier molecular flexibility index (Phi) is 3.25. The van der Waals surface area contributed by atoms with E-state index in [4.69, 9.17) is 16.3 Å². The second kappa shape index (κ2) is 5.05. The molecule has 1 N–H and O–H groups in total. The topological polar surface area (TPSA) is 47.0 Å². The van der Waals surface area contributed by atoms with Gasteiger partial charge >= 0.3 is 0 Å². The maximum Gasteiger partial charge on any atom is 0.134 e. The highest BCUT2D eigenvalue weighted by Gasteiger charge is 2.23. The number of ether oxygens (including phenoxy) is 1. The molecular weight excluding hydrogens is 262 g/mol. The second-order valence-corrected chi connectivity index (χ2v) is 4.78. The van der Waals surface area contributed by atoms with Gasteiger partial charge in [-0.2, -0.15) is 0 Å². The minimum absolute atomic E-state index is 0.104. The first-order valence-corrected chi connectivity index (χ1v) is 6.66. The fraction of sp³-hybridized carbons (Fsp3) is 0.286. The monoisotopic (exact) mass is 275 g/mol.